The summed E-state index contributed by atoms with van der Waals surface area (Å²) in [7, 11) is -4.40. The highest BCUT2D eigenvalue weighted by Gasteiger charge is 2.37. The molecule has 40 heavy (non-hydrogen) atoms. The summed E-state index contributed by atoms with van der Waals surface area (Å²) >= 11 is 0. The molecule has 4 aromatic carbocycles. The van der Waals surface area contributed by atoms with E-state index in [9.17, 15) is 10.2 Å². The fraction of sp³-hybridized carbons (Fsp3) is 0.333. The topological polar surface area (TPSA) is 40.5 Å². The van der Waals surface area contributed by atoms with Crippen molar-refractivity contribution < 1.29 is 10.2 Å². The summed E-state index contributed by atoms with van der Waals surface area (Å²) in [6.07, 6.45) is 8.64. The first-order valence-electron chi connectivity index (χ1n) is 15.1. The lowest BCUT2D eigenvalue weighted by molar-refractivity contribution is 0.470. The van der Waals surface area contributed by atoms with Crippen molar-refractivity contribution in [3.8, 4) is 22.6 Å². The molecule has 0 amide bonds. The number of hydrogen-bond donors (Lipinski definition) is 2. The molecule has 0 saturated carbocycles. The van der Waals surface area contributed by atoms with Gasteiger partial charge in [-0.1, -0.05) is 109 Å². The monoisotopic (exact) mass is 562 g/mol. The average Bonchev–Trinajstić information content (AvgIpc) is 2.98. The molecule has 0 atom stereocenters. The summed E-state index contributed by atoms with van der Waals surface area (Å²) in [5.41, 5.74) is 7.17. The average molecular weight is 563 g/mol. The maximum atomic E-state index is 12.4. The van der Waals surface area contributed by atoms with Gasteiger partial charge in [-0.25, -0.2) is 0 Å². The van der Waals surface area contributed by atoms with Crippen LogP contribution in [0.2, 0.25) is 26.2 Å². The molecule has 0 aliphatic heterocycles. The van der Waals surface area contributed by atoms with Crippen LogP contribution in [-0.2, 0) is 25.7 Å². The van der Waals surface area contributed by atoms with E-state index in [1.54, 1.807) is 0 Å². The molecule has 0 aromatic heterocycles. The molecule has 0 bridgehead atoms. The summed E-state index contributed by atoms with van der Waals surface area (Å²) < 4.78 is 0. The van der Waals surface area contributed by atoms with Gasteiger partial charge in [0.05, 0.1) is 0 Å². The highest BCUT2D eigenvalue weighted by Crippen LogP contribution is 2.46. The molecule has 0 unspecified atom stereocenters. The van der Waals surface area contributed by atoms with Crippen molar-refractivity contribution >= 4 is 36.9 Å². The maximum Gasteiger partial charge on any atom is 0.123 e. The lowest BCUT2D eigenvalue weighted by atomic mass is 9.80. The molecule has 0 fully saturated rings. The molecule has 0 radical (unpaired) electrons. The van der Waals surface area contributed by atoms with E-state index in [1.807, 2.05) is 0 Å². The number of fused-ring (bicyclic) bond motifs is 2. The number of aromatic hydroxyl groups is 2. The molecule has 0 spiro atoms. The van der Waals surface area contributed by atoms with Crippen LogP contribution in [0.1, 0.15) is 47.9 Å². The molecule has 0 saturated heterocycles. The molecular weight excluding hydrogens is 521 g/mol. The molecule has 2 N–H and O–H groups in total. The Bertz CT molecular complexity index is 1440. The van der Waals surface area contributed by atoms with E-state index in [2.05, 4.69) is 99.0 Å². The normalized spacial score (nSPS) is 15.4. The van der Waals surface area contributed by atoms with E-state index in [-0.39, 0.29) is 0 Å². The number of aryl methyl sites for hydroxylation is 2. The van der Waals surface area contributed by atoms with E-state index >= 15 is 0 Å². The van der Waals surface area contributed by atoms with E-state index < -0.39 is 16.1 Å². The van der Waals surface area contributed by atoms with E-state index in [4.69, 9.17) is 0 Å². The van der Waals surface area contributed by atoms with Crippen LogP contribution in [0.5, 0.6) is 11.5 Å². The third-order valence-corrected chi connectivity index (χ3v) is 16.8. The van der Waals surface area contributed by atoms with E-state index in [1.165, 1.54) is 45.5 Å². The summed E-state index contributed by atoms with van der Waals surface area (Å²) in [5.74, 6) is 0.834. The fourth-order valence-corrected chi connectivity index (χ4v) is 12.5. The lowest BCUT2D eigenvalue weighted by Crippen LogP contribution is -2.53. The standard InChI is InChI=1S/C36H42O2Si2/c1-39(2,27-17-7-5-8-18-27)31-23-25-15-11-13-21-29(25)33(35(31)37)34-30-22-14-12-16-26(30)24-32(36(34)38)40(3,4)28-19-9-6-10-20-28/h5-10,17-20,23-24,37-38H,11-16,21-22H2,1-4H3. The highest BCUT2D eigenvalue weighted by molar-refractivity contribution is 7.01. The van der Waals surface area contributed by atoms with Gasteiger partial charge in [-0.15, -0.1) is 0 Å². The fourth-order valence-electron chi connectivity index (χ4n) is 7.30. The van der Waals surface area contributed by atoms with Gasteiger partial charge in [0, 0.05) is 11.1 Å². The largest absolute Gasteiger partial charge is 0.507 e. The smallest absolute Gasteiger partial charge is 0.123 e. The van der Waals surface area contributed by atoms with Gasteiger partial charge in [-0.3, -0.25) is 0 Å². The van der Waals surface area contributed by atoms with Crippen molar-refractivity contribution in [1.82, 2.24) is 0 Å². The molecule has 0 heterocycles. The van der Waals surface area contributed by atoms with Crippen LogP contribution >= 0.6 is 0 Å². The van der Waals surface area contributed by atoms with Crippen LogP contribution in [0.4, 0.5) is 0 Å². The molecule has 2 nitrogen and oxygen atoms in total. The van der Waals surface area contributed by atoms with Crippen molar-refractivity contribution in [1.29, 1.82) is 0 Å². The zero-order chi connectivity index (χ0) is 28.1. The van der Waals surface area contributed by atoms with Gasteiger partial charge in [0.2, 0.25) is 0 Å². The zero-order valence-corrected chi connectivity index (χ0v) is 26.5. The van der Waals surface area contributed by atoms with Crippen molar-refractivity contribution in [3.05, 3.63) is 95.1 Å². The van der Waals surface area contributed by atoms with Crippen LogP contribution < -0.4 is 20.7 Å². The molecular formula is C36H42O2Si2. The van der Waals surface area contributed by atoms with Crippen LogP contribution in [0.25, 0.3) is 11.1 Å². The Hall–Kier alpha value is -3.09. The maximum absolute atomic E-state index is 12.4. The van der Waals surface area contributed by atoms with Gasteiger partial charge < -0.3 is 10.2 Å². The van der Waals surface area contributed by atoms with Gasteiger partial charge in [-0.05, 0) is 84.0 Å². The lowest BCUT2D eigenvalue weighted by Gasteiger charge is -2.33. The first-order valence-corrected chi connectivity index (χ1v) is 21.1. The van der Waals surface area contributed by atoms with Crippen molar-refractivity contribution in [2.75, 3.05) is 0 Å². The Morgan fingerprint density at radius 2 is 0.850 bits per heavy atom. The minimum absolute atomic E-state index is 0.417. The van der Waals surface area contributed by atoms with Crippen molar-refractivity contribution in [3.63, 3.8) is 0 Å². The molecule has 4 aromatic rings. The van der Waals surface area contributed by atoms with Crippen molar-refractivity contribution in [2.24, 2.45) is 0 Å². The third-order valence-electron chi connectivity index (χ3n) is 9.83. The minimum Gasteiger partial charge on any atom is -0.507 e. The number of hydrogen-bond acceptors (Lipinski definition) is 2. The Morgan fingerprint density at radius 3 is 1.23 bits per heavy atom. The summed E-state index contributed by atoms with van der Waals surface area (Å²) in [5, 5.41) is 29.6. The van der Waals surface area contributed by atoms with Gasteiger partial charge in [0.15, 0.2) is 0 Å². The second-order valence-electron chi connectivity index (χ2n) is 13.0. The van der Waals surface area contributed by atoms with Crippen molar-refractivity contribution in [2.45, 2.75) is 77.6 Å². The summed E-state index contributed by atoms with van der Waals surface area (Å²) in [4.78, 5) is 0. The van der Waals surface area contributed by atoms with E-state index in [0.717, 1.165) is 60.0 Å². The molecule has 206 valence electrons. The molecule has 6 rings (SSSR count). The Labute approximate surface area is 241 Å². The van der Waals surface area contributed by atoms with E-state index in [0.29, 0.717) is 11.5 Å². The minimum atomic E-state index is -2.20. The predicted molar refractivity (Wildman–Crippen MR) is 175 cm³/mol. The first-order chi connectivity index (χ1) is 19.2. The molecule has 2 aliphatic carbocycles. The van der Waals surface area contributed by atoms with Gasteiger partial charge in [0.25, 0.3) is 0 Å². The third kappa shape index (κ3) is 4.46. The Balaban J connectivity index is 1.67. The summed E-state index contributed by atoms with van der Waals surface area (Å²) in [6.45, 7) is 9.42. The quantitative estimate of drug-likeness (QED) is 0.286. The number of benzene rings is 4. The van der Waals surface area contributed by atoms with Gasteiger partial charge >= 0.3 is 0 Å². The summed E-state index contributed by atoms with van der Waals surface area (Å²) in [6, 6.07) is 26.1. The SMILES string of the molecule is C[Si](C)(c1ccccc1)c1cc2c(c(-c3c(O)c([Si](C)(C)c4ccccc4)cc4c3CCCC4)c1O)CCCC2. The molecule has 2 aliphatic rings. The Morgan fingerprint density at radius 1 is 0.500 bits per heavy atom. The van der Waals surface area contributed by atoms with Crippen LogP contribution in [0.3, 0.4) is 0 Å². The van der Waals surface area contributed by atoms with Crippen LogP contribution in [0, 0.1) is 0 Å². The predicted octanol–water partition coefficient (Wildman–Crippen LogP) is 6.17. The van der Waals surface area contributed by atoms with Gasteiger partial charge in [-0.2, -0.15) is 0 Å². The number of phenols is 2. The first kappa shape index (κ1) is 27.1. The molecule has 4 heteroatoms. The highest BCUT2D eigenvalue weighted by atomic mass is 28.3. The van der Waals surface area contributed by atoms with Gasteiger partial charge in [0.1, 0.15) is 27.6 Å². The van der Waals surface area contributed by atoms with Crippen LogP contribution in [0.15, 0.2) is 72.8 Å². The zero-order valence-electron chi connectivity index (χ0n) is 24.5. The van der Waals surface area contributed by atoms with Crippen LogP contribution in [-0.4, -0.2) is 26.4 Å². The Kier molecular flexibility index (Phi) is 7.04. The second-order valence-corrected chi connectivity index (χ2v) is 21.7. The number of rotatable bonds is 5. The second kappa shape index (κ2) is 10.4. The number of phenolic OH excluding ortho intramolecular Hbond substituents is 2.